The molecule has 1 amide bonds. The van der Waals surface area contributed by atoms with Gasteiger partial charge in [-0.15, -0.1) is 0 Å². The van der Waals surface area contributed by atoms with Crippen LogP contribution < -0.4 is 5.73 Å². The molecule has 8 heteroatoms. The molecule has 2 N–H and O–H groups in total. The smallest absolute Gasteiger partial charge is 0.246 e. The number of nitrogens with two attached hydrogens (primary N) is 1. The normalized spacial score (nSPS) is 22.4. The Kier molecular flexibility index (Phi) is 4.42. The van der Waals surface area contributed by atoms with Crippen LogP contribution in [0.1, 0.15) is 19.8 Å². The summed E-state index contributed by atoms with van der Waals surface area (Å²) in [4.78, 5) is 11.6. The van der Waals surface area contributed by atoms with Crippen LogP contribution in [-0.4, -0.2) is 41.0 Å². The molecular weight excluding hydrogens is 328 g/mol. The van der Waals surface area contributed by atoms with E-state index < -0.39 is 21.8 Å². The summed E-state index contributed by atoms with van der Waals surface area (Å²) in [5.74, 6) is -0.901. The van der Waals surface area contributed by atoms with Crippen molar-refractivity contribution in [2.45, 2.75) is 30.7 Å². The summed E-state index contributed by atoms with van der Waals surface area (Å²) in [5.41, 5.74) is 6.14. The second-order valence-electron chi connectivity index (χ2n) is 6.06. The van der Waals surface area contributed by atoms with Gasteiger partial charge in [0.2, 0.25) is 15.9 Å². The standard InChI is InChI=1S/C16H20N4O3S/c1-12-7-8-13(16(17)21)10-20(12)24(22,23)15-9-18-19(11-15)14-5-3-2-4-6-14/h2-6,9,11-13H,7-8,10H2,1H3,(H2,17,21)/t12-,13-/m1/s1. The van der Waals surface area contributed by atoms with E-state index in [1.54, 1.807) is 0 Å². The van der Waals surface area contributed by atoms with Gasteiger partial charge in [-0.3, -0.25) is 4.79 Å². The number of piperidine rings is 1. The van der Waals surface area contributed by atoms with E-state index in [9.17, 15) is 13.2 Å². The maximum Gasteiger partial charge on any atom is 0.246 e. The average molecular weight is 348 g/mol. The lowest BCUT2D eigenvalue weighted by atomic mass is 9.95. The maximum atomic E-state index is 12.9. The molecular formula is C16H20N4O3S. The van der Waals surface area contributed by atoms with E-state index in [1.807, 2.05) is 37.3 Å². The Hall–Kier alpha value is -2.19. The van der Waals surface area contributed by atoms with Crippen LogP contribution in [0.25, 0.3) is 5.69 Å². The van der Waals surface area contributed by atoms with Crippen LogP contribution in [-0.2, 0) is 14.8 Å². The minimum Gasteiger partial charge on any atom is -0.369 e. The summed E-state index contributed by atoms with van der Waals surface area (Å²) in [6.07, 6.45) is 4.06. The molecule has 2 atom stereocenters. The van der Waals surface area contributed by atoms with E-state index in [2.05, 4.69) is 5.10 Å². The number of hydrogen-bond acceptors (Lipinski definition) is 4. The molecule has 2 aromatic rings. The Morgan fingerprint density at radius 1 is 1.25 bits per heavy atom. The van der Waals surface area contributed by atoms with E-state index in [4.69, 9.17) is 5.73 Å². The van der Waals surface area contributed by atoms with Crippen LogP contribution in [0.4, 0.5) is 0 Å². The third kappa shape index (κ3) is 3.07. The molecule has 0 spiro atoms. The molecule has 1 aromatic carbocycles. The molecule has 0 unspecified atom stereocenters. The molecule has 24 heavy (non-hydrogen) atoms. The van der Waals surface area contributed by atoms with E-state index in [0.29, 0.717) is 12.8 Å². The zero-order valence-corrected chi connectivity index (χ0v) is 14.2. The Balaban J connectivity index is 1.90. The second kappa shape index (κ2) is 6.37. The molecule has 0 bridgehead atoms. The van der Waals surface area contributed by atoms with Crippen molar-refractivity contribution in [3.8, 4) is 5.69 Å². The highest BCUT2D eigenvalue weighted by molar-refractivity contribution is 7.89. The minimum atomic E-state index is -3.72. The molecule has 1 fully saturated rings. The number of amides is 1. The van der Waals surface area contributed by atoms with Crippen molar-refractivity contribution in [2.75, 3.05) is 6.54 Å². The second-order valence-corrected chi connectivity index (χ2v) is 7.95. The number of rotatable bonds is 4. The summed E-state index contributed by atoms with van der Waals surface area (Å²) < 4.78 is 28.7. The van der Waals surface area contributed by atoms with Gasteiger partial charge in [-0.1, -0.05) is 18.2 Å². The number of aromatic nitrogens is 2. The summed E-state index contributed by atoms with van der Waals surface area (Å²) in [6, 6.07) is 9.10. The van der Waals surface area contributed by atoms with Crippen molar-refractivity contribution in [3.05, 3.63) is 42.7 Å². The Bertz CT molecular complexity index is 832. The molecule has 128 valence electrons. The monoisotopic (exact) mass is 348 g/mol. The zero-order chi connectivity index (χ0) is 17.3. The van der Waals surface area contributed by atoms with Gasteiger partial charge in [-0.2, -0.15) is 9.40 Å². The van der Waals surface area contributed by atoms with Gasteiger partial charge in [0, 0.05) is 12.6 Å². The first-order valence-corrected chi connectivity index (χ1v) is 9.25. The molecule has 7 nitrogen and oxygen atoms in total. The largest absolute Gasteiger partial charge is 0.369 e. The van der Waals surface area contributed by atoms with Crippen molar-refractivity contribution in [1.29, 1.82) is 0 Å². The van der Waals surface area contributed by atoms with Crippen molar-refractivity contribution in [3.63, 3.8) is 0 Å². The van der Waals surface area contributed by atoms with Crippen LogP contribution in [0.2, 0.25) is 0 Å². The molecule has 0 saturated carbocycles. The molecule has 1 aliphatic heterocycles. The van der Waals surface area contributed by atoms with Gasteiger partial charge in [-0.05, 0) is 31.9 Å². The third-order valence-electron chi connectivity index (χ3n) is 4.41. The fraction of sp³-hybridized carbons (Fsp3) is 0.375. The lowest BCUT2D eigenvalue weighted by Crippen LogP contribution is -2.48. The first-order chi connectivity index (χ1) is 11.4. The van der Waals surface area contributed by atoms with Gasteiger partial charge >= 0.3 is 0 Å². The fourth-order valence-electron chi connectivity index (χ4n) is 2.94. The number of primary amides is 1. The van der Waals surface area contributed by atoms with Crippen LogP contribution >= 0.6 is 0 Å². The topological polar surface area (TPSA) is 98.3 Å². The highest BCUT2D eigenvalue weighted by atomic mass is 32.2. The SMILES string of the molecule is C[C@@H]1CC[C@@H](C(N)=O)CN1S(=O)(=O)c1cnn(-c2ccccc2)c1. The molecule has 0 radical (unpaired) electrons. The van der Waals surface area contributed by atoms with Crippen molar-refractivity contribution in [2.24, 2.45) is 11.7 Å². The van der Waals surface area contributed by atoms with E-state index in [-0.39, 0.29) is 17.5 Å². The number of para-hydroxylation sites is 1. The third-order valence-corrected chi connectivity index (χ3v) is 6.35. The molecule has 1 aromatic heterocycles. The van der Waals surface area contributed by atoms with Crippen molar-refractivity contribution in [1.82, 2.24) is 14.1 Å². The van der Waals surface area contributed by atoms with Crippen LogP contribution in [0.3, 0.4) is 0 Å². The Morgan fingerprint density at radius 2 is 1.96 bits per heavy atom. The summed E-state index contributed by atoms with van der Waals surface area (Å²) in [5, 5.41) is 4.15. The number of carbonyl (C=O) groups is 1. The lowest BCUT2D eigenvalue weighted by molar-refractivity contribution is -0.123. The Morgan fingerprint density at radius 3 is 2.62 bits per heavy atom. The van der Waals surface area contributed by atoms with Crippen LogP contribution in [0.15, 0.2) is 47.6 Å². The van der Waals surface area contributed by atoms with Gasteiger partial charge in [0.05, 0.1) is 24.0 Å². The van der Waals surface area contributed by atoms with Gasteiger partial charge in [-0.25, -0.2) is 13.1 Å². The summed E-state index contributed by atoms with van der Waals surface area (Å²) in [7, 11) is -3.72. The lowest BCUT2D eigenvalue weighted by Gasteiger charge is -2.35. The van der Waals surface area contributed by atoms with E-state index in [1.165, 1.54) is 21.4 Å². The van der Waals surface area contributed by atoms with E-state index >= 15 is 0 Å². The molecule has 3 rings (SSSR count). The molecule has 0 aliphatic carbocycles. The summed E-state index contributed by atoms with van der Waals surface area (Å²) in [6.45, 7) is 1.96. The molecule has 2 heterocycles. The maximum absolute atomic E-state index is 12.9. The fourth-order valence-corrected chi connectivity index (χ4v) is 4.58. The van der Waals surface area contributed by atoms with Gasteiger partial charge < -0.3 is 5.73 Å². The number of benzene rings is 1. The summed E-state index contributed by atoms with van der Waals surface area (Å²) >= 11 is 0. The quantitative estimate of drug-likeness (QED) is 0.896. The predicted octanol–water partition coefficient (Wildman–Crippen LogP) is 1.15. The van der Waals surface area contributed by atoms with E-state index in [0.717, 1.165) is 5.69 Å². The first kappa shape index (κ1) is 16.7. The molecule has 1 saturated heterocycles. The zero-order valence-electron chi connectivity index (χ0n) is 13.4. The number of sulfonamides is 1. The molecule has 1 aliphatic rings. The van der Waals surface area contributed by atoms with Crippen molar-refractivity contribution < 1.29 is 13.2 Å². The average Bonchev–Trinajstić information content (AvgIpc) is 3.06. The first-order valence-electron chi connectivity index (χ1n) is 7.81. The number of nitrogens with zero attached hydrogens (tertiary/aromatic N) is 3. The number of carbonyl (C=O) groups excluding carboxylic acids is 1. The Labute approximate surface area is 141 Å². The highest BCUT2D eigenvalue weighted by Gasteiger charge is 2.37. The van der Waals surface area contributed by atoms with Crippen molar-refractivity contribution >= 4 is 15.9 Å². The minimum absolute atomic E-state index is 0.114. The van der Waals surface area contributed by atoms with Gasteiger partial charge in [0.1, 0.15) is 4.90 Å². The number of hydrogen-bond donors (Lipinski definition) is 1. The van der Waals surface area contributed by atoms with Crippen LogP contribution in [0.5, 0.6) is 0 Å². The van der Waals surface area contributed by atoms with Gasteiger partial charge in [0.25, 0.3) is 0 Å². The highest BCUT2D eigenvalue weighted by Crippen LogP contribution is 2.28. The van der Waals surface area contributed by atoms with Crippen LogP contribution in [0, 0.1) is 5.92 Å². The van der Waals surface area contributed by atoms with Gasteiger partial charge in [0.15, 0.2) is 0 Å². The predicted molar refractivity (Wildman–Crippen MR) is 88.8 cm³/mol.